The van der Waals surface area contributed by atoms with Gasteiger partial charge in [-0.05, 0) is 35.6 Å². The van der Waals surface area contributed by atoms with Gasteiger partial charge in [-0.2, -0.15) is 0 Å². The molecule has 24 heavy (non-hydrogen) atoms. The molecule has 0 bridgehead atoms. The number of hydrogen-bond acceptors (Lipinski definition) is 5. The van der Waals surface area contributed by atoms with E-state index in [-0.39, 0.29) is 11.9 Å². The highest BCUT2D eigenvalue weighted by Crippen LogP contribution is 2.24. The Morgan fingerprint density at radius 3 is 2.67 bits per heavy atom. The molecular weight excluding hydrogens is 324 g/mol. The van der Waals surface area contributed by atoms with Crippen molar-refractivity contribution >= 4 is 17.2 Å². The molecule has 0 spiro atoms. The maximum atomic E-state index is 12.1. The van der Waals surface area contributed by atoms with Crippen molar-refractivity contribution in [1.29, 1.82) is 0 Å². The van der Waals surface area contributed by atoms with E-state index < -0.39 is 0 Å². The number of benzene rings is 1. The molecule has 1 N–H and O–H groups in total. The van der Waals surface area contributed by atoms with Crippen molar-refractivity contribution in [1.82, 2.24) is 10.2 Å². The molecule has 6 heteroatoms. The molecule has 2 heterocycles. The van der Waals surface area contributed by atoms with Crippen LogP contribution < -0.4 is 14.8 Å². The second-order valence-electron chi connectivity index (χ2n) is 5.89. The van der Waals surface area contributed by atoms with Crippen LogP contribution in [0.2, 0.25) is 0 Å². The van der Waals surface area contributed by atoms with Crippen LogP contribution in [0.25, 0.3) is 0 Å². The number of ether oxygens (including phenoxy) is 2. The number of thiophene rings is 1. The van der Waals surface area contributed by atoms with E-state index in [0.717, 1.165) is 48.0 Å². The number of nitrogens with one attached hydrogen (secondary N) is 1. The lowest BCUT2D eigenvalue weighted by Gasteiger charge is -2.17. The van der Waals surface area contributed by atoms with Crippen LogP contribution in [0.5, 0.6) is 11.5 Å². The van der Waals surface area contributed by atoms with E-state index in [2.05, 4.69) is 10.2 Å². The van der Waals surface area contributed by atoms with E-state index >= 15 is 0 Å². The van der Waals surface area contributed by atoms with Gasteiger partial charge < -0.3 is 14.8 Å². The first-order chi connectivity index (χ1) is 11.7. The predicted octanol–water partition coefficient (Wildman–Crippen LogP) is 2.77. The molecule has 1 fully saturated rings. The Bertz CT molecular complexity index is 665. The first-order valence-electron chi connectivity index (χ1n) is 7.96. The molecule has 128 valence electrons. The normalized spacial score (nSPS) is 17.7. The summed E-state index contributed by atoms with van der Waals surface area (Å²) in [5.74, 6) is 1.62. The fraction of sp³-hybridized carbons (Fsp3) is 0.389. The van der Waals surface area contributed by atoms with Crippen molar-refractivity contribution in [2.24, 2.45) is 0 Å². The van der Waals surface area contributed by atoms with Gasteiger partial charge in [-0.1, -0.05) is 6.07 Å². The Labute approximate surface area is 146 Å². The maximum Gasteiger partial charge on any atom is 0.261 e. The zero-order chi connectivity index (χ0) is 16.9. The third-order valence-electron chi connectivity index (χ3n) is 4.17. The summed E-state index contributed by atoms with van der Waals surface area (Å²) in [6.45, 7) is 2.64. The highest BCUT2D eigenvalue weighted by Gasteiger charge is 2.24. The van der Waals surface area contributed by atoms with Crippen LogP contribution in [0.15, 0.2) is 35.7 Å². The van der Waals surface area contributed by atoms with Gasteiger partial charge >= 0.3 is 0 Å². The number of likely N-dealkylation sites (tertiary alicyclic amines) is 1. The molecule has 1 aliphatic heterocycles. The molecule has 0 saturated carbocycles. The molecule has 5 nitrogen and oxygen atoms in total. The van der Waals surface area contributed by atoms with Gasteiger partial charge in [0.2, 0.25) is 0 Å². The molecule has 1 aliphatic rings. The molecule has 1 amide bonds. The van der Waals surface area contributed by atoms with Gasteiger partial charge in [0.25, 0.3) is 5.91 Å². The van der Waals surface area contributed by atoms with Gasteiger partial charge in [-0.25, -0.2) is 0 Å². The van der Waals surface area contributed by atoms with Crippen molar-refractivity contribution in [2.75, 3.05) is 27.3 Å². The highest BCUT2D eigenvalue weighted by atomic mass is 32.1. The fourth-order valence-corrected chi connectivity index (χ4v) is 3.60. The highest BCUT2D eigenvalue weighted by molar-refractivity contribution is 7.12. The number of amides is 1. The monoisotopic (exact) mass is 346 g/mol. The first-order valence-corrected chi connectivity index (χ1v) is 8.84. The van der Waals surface area contributed by atoms with E-state index in [1.807, 2.05) is 35.7 Å². The summed E-state index contributed by atoms with van der Waals surface area (Å²) in [5.41, 5.74) is 1.15. The topological polar surface area (TPSA) is 50.8 Å². The lowest BCUT2D eigenvalue weighted by molar-refractivity contribution is 0.0942. The molecule has 0 radical (unpaired) electrons. The van der Waals surface area contributed by atoms with Gasteiger partial charge in [-0.15, -0.1) is 11.3 Å². The van der Waals surface area contributed by atoms with Crippen molar-refractivity contribution < 1.29 is 14.3 Å². The van der Waals surface area contributed by atoms with Crippen molar-refractivity contribution in [3.63, 3.8) is 0 Å². The molecular formula is C18H22N2O3S. The Morgan fingerprint density at radius 2 is 2.04 bits per heavy atom. The van der Waals surface area contributed by atoms with Gasteiger partial charge in [-0.3, -0.25) is 9.69 Å². The maximum absolute atomic E-state index is 12.1. The third kappa shape index (κ3) is 4.07. The summed E-state index contributed by atoms with van der Waals surface area (Å²) in [6, 6.07) is 9.89. The number of hydrogen-bond donors (Lipinski definition) is 1. The van der Waals surface area contributed by atoms with Crippen molar-refractivity contribution in [3.8, 4) is 11.5 Å². The van der Waals surface area contributed by atoms with Gasteiger partial charge in [0.15, 0.2) is 0 Å². The van der Waals surface area contributed by atoms with Gasteiger partial charge in [0.05, 0.1) is 19.1 Å². The minimum absolute atomic E-state index is 0.0277. The smallest absolute Gasteiger partial charge is 0.261 e. The minimum Gasteiger partial charge on any atom is -0.497 e. The lowest BCUT2D eigenvalue weighted by Crippen LogP contribution is -2.36. The summed E-state index contributed by atoms with van der Waals surface area (Å²) >= 11 is 1.47. The summed E-state index contributed by atoms with van der Waals surface area (Å²) in [7, 11) is 3.31. The Kier molecular flexibility index (Phi) is 5.37. The largest absolute Gasteiger partial charge is 0.497 e. The van der Waals surface area contributed by atoms with Crippen molar-refractivity contribution in [2.45, 2.75) is 19.0 Å². The molecule has 1 atom stereocenters. The van der Waals surface area contributed by atoms with E-state index in [4.69, 9.17) is 9.47 Å². The van der Waals surface area contributed by atoms with E-state index in [1.165, 1.54) is 11.3 Å². The van der Waals surface area contributed by atoms with Crippen LogP contribution in [0.3, 0.4) is 0 Å². The number of methoxy groups -OCH3 is 2. The van der Waals surface area contributed by atoms with Crippen LogP contribution in [-0.4, -0.2) is 44.2 Å². The summed E-state index contributed by atoms with van der Waals surface area (Å²) < 4.78 is 10.6. The summed E-state index contributed by atoms with van der Waals surface area (Å²) in [5, 5.41) is 5.05. The quantitative estimate of drug-likeness (QED) is 0.874. The average Bonchev–Trinajstić information content (AvgIpc) is 3.26. The first kappa shape index (κ1) is 16.8. The minimum atomic E-state index is 0.0277. The SMILES string of the molecule is COc1cc(CN2CC[C@@H](NC(=O)c3cccs3)C2)cc(OC)c1. The fourth-order valence-electron chi connectivity index (χ4n) is 2.97. The van der Waals surface area contributed by atoms with Crippen LogP contribution in [-0.2, 0) is 6.54 Å². The number of carbonyl (C=O) groups excluding carboxylic acids is 1. The van der Waals surface area contributed by atoms with Crippen LogP contribution >= 0.6 is 11.3 Å². The number of nitrogens with zero attached hydrogens (tertiary/aromatic N) is 1. The van der Waals surface area contributed by atoms with E-state index in [9.17, 15) is 4.79 Å². The van der Waals surface area contributed by atoms with Gasteiger partial charge in [0.1, 0.15) is 11.5 Å². The van der Waals surface area contributed by atoms with Crippen molar-refractivity contribution in [3.05, 3.63) is 46.2 Å². The summed E-state index contributed by atoms with van der Waals surface area (Å²) in [4.78, 5) is 15.3. The molecule has 0 aliphatic carbocycles. The zero-order valence-electron chi connectivity index (χ0n) is 14.0. The third-order valence-corrected chi connectivity index (χ3v) is 5.04. The van der Waals surface area contributed by atoms with Crippen LogP contribution in [0, 0.1) is 0 Å². The molecule has 3 rings (SSSR count). The Morgan fingerprint density at radius 1 is 1.29 bits per heavy atom. The Hall–Kier alpha value is -2.05. The van der Waals surface area contributed by atoms with E-state index in [0.29, 0.717) is 0 Å². The number of carbonyl (C=O) groups is 1. The number of rotatable bonds is 6. The summed E-state index contributed by atoms with van der Waals surface area (Å²) in [6.07, 6.45) is 0.970. The molecule has 1 aromatic carbocycles. The molecule has 1 saturated heterocycles. The van der Waals surface area contributed by atoms with Gasteiger partial charge in [0, 0.05) is 31.7 Å². The lowest BCUT2D eigenvalue weighted by atomic mass is 10.2. The standard InChI is InChI=1S/C18H22N2O3S/c1-22-15-8-13(9-16(10-15)23-2)11-20-6-5-14(12-20)19-18(21)17-4-3-7-24-17/h3-4,7-10,14H,5-6,11-12H2,1-2H3,(H,19,21)/t14-/m1/s1. The van der Waals surface area contributed by atoms with E-state index in [1.54, 1.807) is 14.2 Å². The average molecular weight is 346 g/mol. The van der Waals surface area contributed by atoms with Crippen LogP contribution in [0.1, 0.15) is 21.7 Å². The second-order valence-corrected chi connectivity index (χ2v) is 6.84. The van der Waals surface area contributed by atoms with Crippen LogP contribution in [0.4, 0.5) is 0 Å². The predicted molar refractivity (Wildman–Crippen MR) is 95.0 cm³/mol. The zero-order valence-corrected chi connectivity index (χ0v) is 14.8. The Balaban J connectivity index is 1.57. The second kappa shape index (κ2) is 7.68. The molecule has 2 aromatic rings. The molecule has 0 unspecified atom stereocenters. The molecule has 1 aromatic heterocycles.